The molecule has 9 heteroatoms. The third-order valence-corrected chi connectivity index (χ3v) is 5.97. The normalized spacial score (nSPS) is 21.1. The molecule has 1 aromatic carbocycles. The molecule has 0 radical (unpaired) electrons. The van der Waals surface area contributed by atoms with Crippen molar-refractivity contribution in [1.82, 2.24) is 19.6 Å². The lowest BCUT2D eigenvalue weighted by molar-refractivity contribution is -0.137. The van der Waals surface area contributed by atoms with Gasteiger partial charge in [-0.3, -0.25) is 14.4 Å². The highest BCUT2D eigenvalue weighted by Crippen LogP contribution is 2.32. The molecule has 0 spiro atoms. The third-order valence-electron chi connectivity index (χ3n) is 5.97. The van der Waals surface area contributed by atoms with E-state index >= 15 is 0 Å². The topological polar surface area (TPSA) is 44.6 Å². The number of hydrogen-bond acceptors (Lipinski definition) is 4. The summed E-state index contributed by atoms with van der Waals surface area (Å²) in [6.07, 6.45) is 1.12. The summed E-state index contributed by atoms with van der Waals surface area (Å²) in [4.78, 5) is 18.9. The number of carbonyl (C=O) groups excluding carboxylic acids is 1. The molecule has 2 fully saturated rings. The van der Waals surface area contributed by atoms with Crippen LogP contribution in [0.5, 0.6) is 0 Å². The Morgan fingerprint density at radius 3 is 2.60 bits per heavy atom. The average molecular weight is 421 g/mol. The summed E-state index contributed by atoms with van der Waals surface area (Å²) in [5.41, 5.74) is 0.00481. The fraction of sp³-hybridized carbons (Fsp3) is 0.524. The van der Waals surface area contributed by atoms with Crippen LogP contribution in [0.2, 0.25) is 0 Å². The van der Waals surface area contributed by atoms with Gasteiger partial charge in [-0.25, -0.2) is 0 Å². The highest BCUT2D eigenvalue weighted by Gasteiger charge is 2.32. The molecule has 2 saturated heterocycles. The van der Waals surface area contributed by atoms with E-state index in [0.29, 0.717) is 31.4 Å². The number of likely N-dealkylation sites (tertiary alicyclic amines) is 1. The number of aromatic nitrogens is 2. The summed E-state index contributed by atoms with van der Waals surface area (Å²) < 4.78 is 40.6. The van der Waals surface area contributed by atoms with Crippen molar-refractivity contribution in [3.8, 4) is 0 Å². The van der Waals surface area contributed by atoms with Crippen LogP contribution in [0.4, 0.5) is 18.9 Å². The van der Waals surface area contributed by atoms with Crippen LogP contribution in [-0.4, -0.2) is 70.8 Å². The highest BCUT2D eigenvalue weighted by atomic mass is 19.4. The number of piperidine rings is 1. The third kappa shape index (κ3) is 4.77. The monoisotopic (exact) mass is 421 g/mol. The van der Waals surface area contributed by atoms with Crippen molar-refractivity contribution in [2.75, 3.05) is 44.2 Å². The van der Waals surface area contributed by atoms with Gasteiger partial charge in [0.05, 0.1) is 5.56 Å². The van der Waals surface area contributed by atoms with Crippen molar-refractivity contribution >= 4 is 11.6 Å². The van der Waals surface area contributed by atoms with E-state index < -0.39 is 11.7 Å². The Bertz CT molecular complexity index is 847. The Labute approximate surface area is 173 Å². The first-order valence-electron chi connectivity index (χ1n) is 10.3. The first kappa shape index (κ1) is 20.7. The van der Waals surface area contributed by atoms with Crippen LogP contribution in [0.25, 0.3) is 0 Å². The predicted octanol–water partition coefficient (Wildman–Crippen LogP) is 2.72. The Morgan fingerprint density at radius 1 is 1.10 bits per heavy atom. The first-order valence-corrected chi connectivity index (χ1v) is 10.3. The second kappa shape index (κ2) is 8.67. The van der Waals surface area contributed by atoms with Crippen molar-refractivity contribution in [2.45, 2.75) is 31.6 Å². The second-order valence-electron chi connectivity index (χ2n) is 7.91. The molecule has 1 aromatic heterocycles. The summed E-state index contributed by atoms with van der Waals surface area (Å²) in [6.45, 7) is 4.63. The Morgan fingerprint density at radius 2 is 1.90 bits per heavy atom. The van der Waals surface area contributed by atoms with E-state index in [1.165, 1.54) is 12.1 Å². The minimum absolute atomic E-state index is 0.0750. The number of alkyl halides is 3. The molecule has 1 amide bonds. The summed E-state index contributed by atoms with van der Waals surface area (Å²) in [5, 5.41) is 4.10. The van der Waals surface area contributed by atoms with Gasteiger partial charge in [0.25, 0.3) is 0 Å². The number of piperazine rings is 1. The largest absolute Gasteiger partial charge is 0.416 e. The molecule has 6 nitrogen and oxygen atoms in total. The van der Waals surface area contributed by atoms with E-state index in [0.717, 1.165) is 38.5 Å². The van der Waals surface area contributed by atoms with Gasteiger partial charge < -0.3 is 9.80 Å². The van der Waals surface area contributed by atoms with Crippen molar-refractivity contribution in [3.63, 3.8) is 0 Å². The van der Waals surface area contributed by atoms with E-state index in [1.807, 2.05) is 9.80 Å². The van der Waals surface area contributed by atoms with Crippen LogP contribution in [0.15, 0.2) is 42.7 Å². The molecule has 0 unspecified atom stereocenters. The molecule has 0 bridgehead atoms. The van der Waals surface area contributed by atoms with Gasteiger partial charge in [0.2, 0.25) is 5.91 Å². The SMILES string of the molecule is O=C(Cn1cccn1)N1CCC[C@H](N2CCN(c3cccc(C(F)(F)F)c3)CC2)C1. The molecule has 1 atom stereocenters. The van der Waals surface area contributed by atoms with Crippen molar-refractivity contribution < 1.29 is 18.0 Å². The van der Waals surface area contributed by atoms with Gasteiger partial charge in [-0.05, 0) is 37.1 Å². The number of benzene rings is 1. The van der Waals surface area contributed by atoms with Gasteiger partial charge in [-0.2, -0.15) is 18.3 Å². The zero-order chi connectivity index (χ0) is 21.1. The average Bonchev–Trinajstić information content (AvgIpc) is 3.26. The summed E-state index contributed by atoms with van der Waals surface area (Å²) in [7, 11) is 0. The molecule has 162 valence electrons. The van der Waals surface area contributed by atoms with E-state index in [2.05, 4.69) is 10.00 Å². The first-order chi connectivity index (χ1) is 14.4. The van der Waals surface area contributed by atoms with Gasteiger partial charge in [-0.1, -0.05) is 6.07 Å². The number of rotatable bonds is 4. The van der Waals surface area contributed by atoms with E-state index in [1.54, 1.807) is 29.2 Å². The van der Waals surface area contributed by atoms with Crippen molar-refractivity contribution in [3.05, 3.63) is 48.3 Å². The summed E-state index contributed by atoms with van der Waals surface area (Å²) in [6, 6.07) is 7.64. The predicted molar refractivity (Wildman–Crippen MR) is 107 cm³/mol. The van der Waals surface area contributed by atoms with Crippen LogP contribution < -0.4 is 4.90 Å². The highest BCUT2D eigenvalue weighted by molar-refractivity contribution is 5.76. The zero-order valence-electron chi connectivity index (χ0n) is 16.8. The van der Waals surface area contributed by atoms with Crippen LogP contribution in [-0.2, 0) is 17.5 Å². The van der Waals surface area contributed by atoms with E-state index in [9.17, 15) is 18.0 Å². The zero-order valence-corrected chi connectivity index (χ0v) is 16.8. The molecule has 2 aromatic rings. The quantitative estimate of drug-likeness (QED) is 0.762. The number of amides is 1. The Hall–Kier alpha value is -2.55. The molecule has 2 aliphatic heterocycles. The van der Waals surface area contributed by atoms with Crippen molar-refractivity contribution in [1.29, 1.82) is 0 Å². The number of hydrogen-bond donors (Lipinski definition) is 0. The minimum Gasteiger partial charge on any atom is -0.369 e. The van der Waals surface area contributed by atoms with Gasteiger partial charge in [0.15, 0.2) is 0 Å². The smallest absolute Gasteiger partial charge is 0.369 e. The second-order valence-corrected chi connectivity index (χ2v) is 7.91. The van der Waals surface area contributed by atoms with E-state index in [4.69, 9.17) is 0 Å². The van der Waals surface area contributed by atoms with Crippen LogP contribution in [0.3, 0.4) is 0 Å². The minimum atomic E-state index is -4.33. The van der Waals surface area contributed by atoms with Gasteiger partial charge in [-0.15, -0.1) is 0 Å². The Kier molecular flexibility index (Phi) is 5.99. The maximum atomic E-state index is 13.0. The van der Waals surface area contributed by atoms with Crippen molar-refractivity contribution in [2.24, 2.45) is 0 Å². The number of nitrogens with zero attached hydrogens (tertiary/aromatic N) is 5. The van der Waals surface area contributed by atoms with Crippen LogP contribution in [0.1, 0.15) is 18.4 Å². The molecular formula is C21H26F3N5O. The molecular weight excluding hydrogens is 395 g/mol. The van der Waals surface area contributed by atoms with Gasteiger partial charge >= 0.3 is 6.18 Å². The molecule has 3 heterocycles. The lowest BCUT2D eigenvalue weighted by Crippen LogP contribution is -2.56. The molecule has 2 aliphatic rings. The maximum Gasteiger partial charge on any atom is 0.416 e. The van der Waals surface area contributed by atoms with E-state index in [-0.39, 0.29) is 12.5 Å². The number of carbonyl (C=O) groups is 1. The molecule has 0 saturated carbocycles. The van der Waals surface area contributed by atoms with Gasteiger partial charge in [0.1, 0.15) is 6.54 Å². The van der Waals surface area contributed by atoms with Crippen LogP contribution >= 0.6 is 0 Å². The Balaban J connectivity index is 1.32. The fourth-order valence-electron chi connectivity index (χ4n) is 4.34. The number of anilines is 1. The summed E-state index contributed by atoms with van der Waals surface area (Å²) >= 11 is 0. The summed E-state index contributed by atoms with van der Waals surface area (Å²) in [5.74, 6) is 0.0750. The molecule has 0 N–H and O–H groups in total. The fourth-order valence-corrected chi connectivity index (χ4v) is 4.34. The standard InChI is InChI=1S/C21H26F3N5O/c22-21(23,24)17-4-1-5-18(14-17)26-10-12-27(13-11-26)19-6-2-8-28(15-19)20(30)16-29-9-3-7-25-29/h1,3-5,7,9,14,19H,2,6,8,10-13,15-16H2/t19-/m0/s1. The lowest BCUT2D eigenvalue weighted by Gasteiger charge is -2.44. The maximum absolute atomic E-state index is 13.0. The lowest BCUT2D eigenvalue weighted by atomic mass is 10.0. The van der Waals surface area contributed by atoms with Gasteiger partial charge in [0, 0.05) is 63.4 Å². The molecule has 0 aliphatic carbocycles. The van der Waals surface area contributed by atoms with Crippen LogP contribution in [0, 0.1) is 0 Å². The molecule has 4 rings (SSSR count). The number of halogens is 3. The molecule has 30 heavy (non-hydrogen) atoms.